The van der Waals surface area contributed by atoms with E-state index in [2.05, 4.69) is 26.8 Å². The second kappa shape index (κ2) is 13.8. The van der Waals surface area contributed by atoms with E-state index in [1.807, 2.05) is 37.3 Å². The maximum absolute atomic E-state index is 9.47. The van der Waals surface area contributed by atoms with E-state index in [9.17, 15) is 5.26 Å². The van der Waals surface area contributed by atoms with Gasteiger partial charge in [-0.25, -0.2) is 4.68 Å². The molecule has 1 heterocycles. The Bertz CT molecular complexity index is 799. The summed E-state index contributed by atoms with van der Waals surface area (Å²) in [6.45, 7) is 4.98. The highest BCUT2D eigenvalue weighted by Crippen LogP contribution is 2.21. The summed E-state index contributed by atoms with van der Waals surface area (Å²) < 4.78 is 6.67. The first kappa shape index (κ1) is 24.7. The van der Waals surface area contributed by atoms with Gasteiger partial charge in [-0.3, -0.25) is 4.99 Å². The van der Waals surface area contributed by atoms with Crippen molar-refractivity contribution in [1.29, 1.82) is 5.26 Å². The third-order valence-electron chi connectivity index (χ3n) is 4.11. The number of nitrogens with one attached hydrogen (secondary N) is 2. The predicted octanol–water partition coefficient (Wildman–Crippen LogP) is 2.47. The summed E-state index contributed by atoms with van der Waals surface area (Å²) in [6, 6.07) is 11.8. The van der Waals surface area contributed by atoms with Crippen molar-refractivity contribution in [3.8, 4) is 11.8 Å². The van der Waals surface area contributed by atoms with Crippen LogP contribution in [0.4, 0.5) is 5.82 Å². The van der Waals surface area contributed by atoms with Crippen LogP contribution in [-0.4, -0.2) is 49.1 Å². The summed E-state index contributed by atoms with van der Waals surface area (Å²) in [5, 5.41) is 20.5. The molecule has 0 aliphatic heterocycles. The standard InChI is InChI=1S/C20H29N7O.HI/c1-3-23-20(25-13-8-14-28-2)24-12-7-11-18-17(15-21)19(22)27(26-18)16-9-5-4-6-10-16;/h4-6,9-10H,3,7-8,11-14,22H2,1-2H3,(H2,23,24,25);1H. The molecule has 0 radical (unpaired) electrons. The Morgan fingerprint density at radius 1 is 1.28 bits per heavy atom. The second-order valence-electron chi connectivity index (χ2n) is 6.20. The number of nitrogens with zero attached hydrogens (tertiary/aromatic N) is 4. The average Bonchev–Trinajstić information content (AvgIpc) is 3.04. The summed E-state index contributed by atoms with van der Waals surface area (Å²) in [4.78, 5) is 4.57. The molecule has 0 amide bonds. The number of methoxy groups -OCH3 is 1. The van der Waals surface area contributed by atoms with E-state index in [0.29, 0.717) is 30.0 Å². The quantitative estimate of drug-likeness (QED) is 0.196. The molecule has 1 aromatic heterocycles. The highest BCUT2D eigenvalue weighted by Gasteiger charge is 2.16. The number of nitrogen functional groups attached to an aromatic ring is 1. The van der Waals surface area contributed by atoms with Gasteiger partial charge in [-0.2, -0.15) is 10.4 Å². The molecule has 0 saturated heterocycles. The van der Waals surface area contributed by atoms with Gasteiger partial charge in [0, 0.05) is 33.4 Å². The third kappa shape index (κ3) is 7.55. The molecule has 0 unspecified atom stereocenters. The van der Waals surface area contributed by atoms with E-state index in [-0.39, 0.29) is 24.0 Å². The van der Waals surface area contributed by atoms with E-state index in [0.717, 1.165) is 44.2 Å². The molecule has 0 saturated carbocycles. The Hall–Kier alpha value is -2.32. The molecular weight excluding hydrogens is 481 g/mol. The minimum absolute atomic E-state index is 0. The Morgan fingerprint density at radius 3 is 2.69 bits per heavy atom. The molecule has 9 heteroatoms. The predicted molar refractivity (Wildman–Crippen MR) is 127 cm³/mol. The van der Waals surface area contributed by atoms with Crippen LogP contribution in [0.25, 0.3) is 5.69 Å². The van der Waals surface area contributed by atoms with Crippen LogP contribution in [-0.2, 0) is 11.2 Å². The fourth-order valence-electron chi connectivity index (χ4n) is 2.74. The van der Waals surface area contributed by atoms with Crippen molar-refractivity contribution in [2.24, 2.45) is 4.99 Å². The first-order chi connectivity index (χ1) is 13.7. The minimum atomic E-state index is 0. The van der Waals surface area contributed by atoms with Crippen molar-refractivity contribution >= 4 is 35.8 Å². The smallest absolute Gasteiger partial charge is 0.191 e. The van der Waals surface area contributed by atoms with Crippen LogP contribution in [0.1, 0.15) is 31.0 Å². The number of hydrogen-bond donors (Lipinski definition) is 3. The fraction of sp³-hybridized carbons (Fsp3) is 0.450. The van der Waals surface area contributed by atoms with Crippen LogP contribution in [0.5, 0.6) is 0 Å². The highest BCUT2D eigenvalue weighted by molar-refractivity contribution is 14.0. The van der Waals surface area contributed by atoms with Gasteiger partial charge in [-0.05, 0) is 38.3 Å². The van der Waals surface area contributed by atoms with Gasteiger partial charge in [0.2, 0.25) is 0 Å². The van der Waals surface area contributed by atoms with E-state index < -0.39 is 0 Å². The Kier molecular flexibility index (Phi) is 11.8. The zero-order valence-corrected chi connectivity index (χ0v) is 19.3. The molecule has 0 bridgehead atoms. The number of aryl methyl sites for hydroxylation is 1. The van der Waals surface area contributed by atoms with E-state index in [1.165, 1.54) is 0 Å². The van der Waals surface area contributed by atoms with E-state index in [4.69, 9.17) is 10.5 Å². The number of aromatic nitrogens is 2. The molecule has 0 spiro atoms. The number of nitrogens with two attached hydrogens (primary N) is 1. The number of nitriles is 1. The van der Waals surface area contributed by atoms with Crippen LogP contribution in [0.2, 0.25) is 0 Å². The number of para-hydroxylation sites is 1. The van der Waals surface area contributed by atoms with Crippen molar-refractivity contribution in [2.45, 2.75) is 26.2 Å². The molecule has 0 atom stereocenters. The van der Waals surface area contributed by atoms with Crippen LogP contribution in [0.15, 0.2) is 35.3 Å². The molecule has 4 N–H and O–H groups in total. The number of halogens is 1. The molecule has 2 aromatic rings. The zero-order valence-electron chi connectivity index (χ0n) is 17.0. The molecular formula is C20H30IN7O. The number of guanidine groups is 1. The summed E-state index contributed by atoms with van der Waals surface area (Å²) in [5.74, 6) is 1.16. The van der Waals surface area contributed by atoms with Crippen LogP contribution < -0.4 is 16.4 Å². The van der Waals surface area contributed by atoms with Gasteiger partial charge in [0.05, 0.1) is 11.4 Å². The van der Waals surface area contributed by atoms with Crippen molar-refractivity contribution in [1.82, 2.24) is 20.4 Å². The first-order valence-electron chi connectivity index (χ1n) is 9.55. The lowest BCUT2D eigenvalue weighted by Crippen LogP contribution is -2.38. The fourth-order valence-corrected chi connectivity index (χ4v) is 2.74. The summed E-state index contributed by atoms with van der Waals surface area (Å²) in [6.07, 6.45) is 2.33. The lowest BCUT2D eigenvalue weighted by Gasteiger charge is -2.10. The van der Waals surface area contributed by atoms with Gasteiger partial charge < -0.3 is 21.1 Å². The molecule has 1 aromatic carbocycles. The average molecular weight is 511 g/mol. The monoisotopic (exact) mass is 511 g/mol. The largest absolute Gasteiger partial charge is 0.385 e. The highest BCUT2D eigenvalue weighted by atomic mass is 127. The number of anilines is 1. The maximum atomic E-state index is 9.47. The molecule has 29 heavy (non-hydrogen) atoms. The molecule has 158 valence electrons. The Morgan fingerprint density at radius 2 is 2.03 bits per heavy atom. The number of rotatable bonds is 10. The van der Waals surface area contributed by atoms with Gasteiger partial charge in [0.15, 0.2) is 5.96 Å². The topological polar surface area (TPSA) is 113 Å². The summed E-state index contributed by atoms with van der Waals surface area (Å²) in [7, 11) is 1.70. The van der Waals surface area contributed by atoms with Crippen LogP contribution >= 0.6 is 24.0 Å². The van der Waals surface area contributed by atoms with E-state index >= 15 is 0 Å². The molecule has 0 aliphatic rings. The summed E-state index contributed by atoms with van der Waals surface area (Å²) >= 11 is 0. The molecule has 0 fully saturated rings. The number of aliphatic imine (C=N–C) groups is 1. The summed E-state index contributed by atoms with van der Waals surface area (Å²) in [5.41, 5.74) is 8.13. The van der Waals surface area contributed by atoms with Gasteiger partial charge >= 0.3 is 0 Å². The van der Waals surface area contributed by atoms with Gasteiger partial charge in [0.25, 0.3) is 0 Å². The minimum Gasteiger partial charge on any atom is -0.385 e. The van der Waals surface area contributed by atoms with E-state index in [1.54, 1.807) is 11.8 Å². The maximum Gasteiger partial charge on any atom is 0.191 e. The lowest BCUT2D eigenvalue weighted by atomic mass is 10.1. The molecule has 0 aliphatic carbocycles. The first-order valence-corrected chi connectivity index (χ1v) is 9.55. The third-order valence-corrected chi connectivity index (χ3v) is 4.11. The Balaban J connectivity index is 0.00000420. The van der Waals surface area contributed by atoms with Crippen molar-refractivity contribution in [3.63, 3.8) is 0 Å². The molecule has 8 nitrogen and oxygen atoms in total. The SMILES string of the molecule is CCNC(=NCCCc1nn(-c2ccccc2)c(N)c1C#N)NCCCOC.I. The van der Waals surface area contributed by atoms with Crippen molar-refractivity contribution < 1.29 is 4.74 Å². The van der Waals surface area contributed by atoms with Crippen LogP contribution in [0, 0.1) is 11.3 Å². The van der Waals surface area contributed by atoms with Gasteiger partial charge in [0.1, 0.15) is 17.5 Å². The number of benzene rings is 1. The number of ether oxygens (including phenoxy) is 1. The number of hydrogen-bond acceptors (Lipinski definition) is 5. The van der Waals surface area contributed by atoms with Gasteiger partial charge in [-0.15, -0.1) is 24.0 Å². The second-order valence-corrected chi connectivity index (χ2v) is 6.20. The Labute approximate surface area is 189 Å². The normalized spacial score (nSPS) is 10.9. The van der Waals surface area contributed by atoms with Crippen LogP contribution in [0.3, 0.4) is 0 Å². The zero-order chi connectivity index (χ0) is 20.2. The van der Waals surface area contributed by atoms with Crippen molar-refractivity contribution in [3.05, 3.63) is 41.6 Å². The van der Waals surface area contributed by atoms with Crippen molar-refractivity contribution in [2.75, 3.05) is 39.1 Å². The lowest BCUT2D eigenvalue weighted by molar-refractivity contribution is 0.195. The van der Waals surface area contributed by atoms with Gasteiger partial charge in [-0.1, -0.05) is 18.2 Å². The molecule has 2 rings (SSSR count).